The van der Waals surface area contributed by atoms with E-state index in [1.54, 1.807) is 4.90 Å². The molecule has 1 aliphatic rings. The Kier molecular flexibility index (Phi) is 7.40. The van der Waals surface area contributed by atoms with Crippen molar-refractivity contribution in [2.24, 2.45) is 5.92 Å². The molecule has 1 fully saturated rings. The van der Waals surface area contributed by atoms with E-state index in [0.717, 1.165) is 5.56 Å². The maximum absolute atomic E-state index is 12.6. The number of aromatic nitrogens is 2. The first kappa shape index (κ1) is 24.3. The maximum Gasteiger partial charge on any atom is 0.410 e. The van der Waals surface area contributed by atoms with Gasteiger partial charge in [-0.15, -0.1) is 0 Å². The molecule has 0 aliphatic carbocycles. The fourth-order valence-corrected chi connectivity index (χ4v) is 3.93. The molecule has 9 nitrogen and oxygen atoms in total. The summed E-state index contributed by atoms with van der Waals surface area (Å²) < 4.78 is 11.0. The van der Waals surface area contributed by atoms with E-state index >= 15 is 0 Å². The van der Waals surface area contributed by atoms with Crippen LogP contribution < -0.4 is 10.3 Å². The lowest BCUT2D eigenvalue weighted by Crippen LogP contribution is -2.47. The predicted octanol–water partition coefficient (Wildman–Crippen LogP) is 3.63. The monoisotopic (exact) mass is 457 g/mol. The van der Waals surface area contributed by atoms with Crippen molar-refractivity contribution in [3.63, 3.8) is 0 Å². The SMILES string of the molecule is CC1CC(Cc2nc(C(=O)O)c(OCc3ccccc3)c(=O)[nH]2)CCN1C(=O)OC(C)(C)C. The predicted molar refractivity (Wildman–Crippen MR) is 121 cm³/mol. The maximum atomic E-state index is 12.6. The molecule has 1 aromatic carbocycles. The van der Waals surface area contributed by atoms with Gasteiger partial charge in [-0.3, -0.25) is 4.79 Å². The second-order valence-electron chi connectivity index (χ2n) is 9.39. The van der Waals surface area contributed by atoms with E-state index in [1.807, 2.05) is 58.0 Å². The lowest BCUT2D eigenvalue weighted by atomic mass is 9.89. The number of rotatable bonds is 6. The Morgan fingerprint density at radius 2 is 1.94 bits per heavy atom. The van der Waals surface area contributed by atoms with Gasteiger partial charge in [0.25, 0.3) is 5.56 Å². The minimum absolute atomic E-state index is 0.0438. The summed E-state index contributed by atoms with van der Waals surface area (Å²) >= 11 is 0. The molecule has 1 aliphatic heterocycles. The number of carbonyl (C=O) groups is 2. The van der Waals surface area contributed by atoms with E-state index in [4.69, 9.17) is 9.47 Å². The number of likely N-dealkylation sites (tertiary alicyclic amines) is 1. The molecule has 178 valence electrons. The van der Waals surface area contributed by atoms with E-state index in [-0.39, 0.29) is 30.4 Å². The van der Waals surface area contributed by atoms with Gasteiger partial charge < -0.3 is 24.5 Å². The van der Waals surface area contributed by atoms with E-state index in [2.05, 4.69) is 9.97 Å². The number of nitrogens with one attached hydrogen (secondary N) is 1. The van der Waals surface area contributed by atoms with Gasteiger partial charge in [0.2, 0.25) is 5.75 Å². The van der Waals surface area contributed by atoms with Gasteiger partial charge in [-0.05, 0) is 52.0 Å². The summed E-state index contributed by atoms with van der Waals surface area (Å²) in [5, 5.41) is 9.59. The highest BCUT2D eigenvalue weighted by Crippen LogP contribution is 2.27. The molecule has 1 aromatic heterocycles. The van der Waals surface area contributed by atoms with Crippen molar-refractivity contribution in [1.82, 2.24) is 14.9 Å². The summed E-state index contributed by atoms with van der Waals surface area (Å²) in [6, 6.07) is 9.11. The number of carbonyl (C=O) groups excluding carboxylic acids is 1. The van der Waals surface area contributed by atoms with Gasteiger partial charge in [0.1, 0.15) is 18.0 Å². The number of aromatic amines is 1. The highest BCUT2D eigenvalue weighted by molar-refractivity contribution is 5.88. The van der Waals surface area contributed by atoms with Crippen molar-refractivity contribution in [3.8, 4) is 5.75 Å². The first-order valence-electron chi connectivity index (χ1n) is 11.1. The van der Waals surface area contributed by atoms with Crippen molar-refractivity contribution >= 4 is 12.1 Å². The van der Waals surface area contributed by atoms with Crippen LogP contribution in [0.1, 0.15) is 62.4 Å². The van der Waals surface area contributed by atoms with Crippen LogP contribution in [0.25, 0.3) is 0 Å². The lowest BCUT2D eigenvalue weighted by Gasteiger charge is -2.38. The molecular formula is C24H31N3O6. The number of benzene rings is 1. The zero-order chi connectivity index (χ0) is 24.2. The molecule has 9 heteroatoms. The van der Waals surface area contributed by atoms with Crippen LogP contribution in [0.4, 0.5) is 4.79 Å². The normalized spacial score (nSPS) is 18.6. The number of carboxylic acid groups (broad SMARTS) is 1. The fraction of sp³-hybridized carbons (Fsp3) is 0.500. The van der Waals surface area contributed by atoms with Gasteiger partial charge in [0.15, 0.2) is 5.69 Å². The Balaban J connectivity index is 1.68. The standard InChI is InChI=1S/C24H31N3O6/c1-15-12-17(10-11-27(15)23(31)33-24(2,3)4)13-18-25-19(22(29)30)20(21(28)26-18)32-14-16-8-6-5-7-9-16/h5-9,15,17H,10-14H2,1-4H3,(H,29,30)(H,25,26,28). The van der Waals surface area contributed by atoms with Gasteiger partial charge in [-0.25, -0.2) is 14.6 Å². The topological polar surface area (TPSA) is 122 Å². The molecule has 0 bridgehead atoms. The highest BCUT2D eigenvalue weighted by atomic mass is 16.6. The van der Waals surface area contributed by atoms with Crippen LogP contribution in [0.3, 0.4) is 0 Å². The molecule has 0 radical (unpaired) electrons. The van der Waals surface area contributed by atoms with Crippen molar-refractivity contribution < 1.29 is 24.2 Å². The molecule has 2 heterocycles. The minimum atomic E-state index is -1.32. The van der Waals surface area contributed by atoms with Gasteiger partial charge in [-0.2, -0.15) is 0 Å². The minimum Gasteiger partial charge on any atom is -0.481 e. The molecule has 0 saturated carbocycles. The number of aromatic carboxylic acids is 1. The number of H-pyrrole nitrogens is 1. The first-order valence-corrected chi connectivity index (χ1v) is 11.1. The number of amides is 1. The average Bonchev–Trinajstić information content (AvgIpc) is 2.72. The van der Waals surface area contributed by atoms with Gasteiger partial charge in [0, 0.05) is 19.0 Å². The van der Waals surface area contributed by atoms with Crippen LogP contribution in [0, 0.1) is 5.92 Å². The Hall–Kier alpha value is -3.36. The highest BCUT2D eigenvalue weighted by Gasteiger charge is 2.32. The Morgan fingerprint density at radius 3 is 2.55 bits per heavy atom. The molecule has 1 amide bonds. The Morgan fingerprint density at radius 1 is 1.24 bits per heavy atom. The fourth-order valence-electron chi connectivity index (χ4n) is 3.93. The molecule has 1 saturated heterocycles. The molecular weight excluding hydrogens is 426 g/mol. The quantitative estimate of drug-likeness (QED) is 0.679. The van der Waals surface area contributed by atoms with Gasteiger partial charge in [0.05, 0.1) is 0 Å². The average molecular weight is 458 g/mol. The number of nitrogens with zero attached hydrogens (tertiary/aromatic N) is 2. The number of piperidine rings is 1. The Bertz CT molecular complexity index is 1040. The van der Waals surface area contributed by atoms with E-state index < -0.39 is 22.8 Å². The second kappa shape index (κ2) is 10.1. The van der Waals surface area contributed by atoms with Crippen molar-refractivity contribution in [2.75, 3.05) is 6.54 Å². The van der Waals surface area contributed by atoms with Gasteiger partial charge in [-0.1, -0.05) is 30.3 Å². The molecule has 2 N–H and O–H groups in total. The third-order valence-electron chi connectivity index (χ3n) is 5.45. The van der Waals surface area contributed by atoms with Crippen LogP contribution in [0.15, 0.2) is 35.1 Å². The molecule has 3 rings (SSSR count). The largest absolute Gasteiger partial charge is 0.481 e. The lowest BCUT2D eigenvalue weighted by molar-refractivity contribution is 0.00706. The summed E-state index contributed by atoms with van der Waals surface area (Å²) in [4.78, 5) is 45.4. The molecule has 2 unspecified atom stereocenters. The number of carboxylic acids is 1. The Labute approximate surface area is 192 Å². The van der Waals surface area contributed by atoms with E-state index in [9.17, 15) is 19.5 Å². The summed E-state index contributed by atoms with van der Waals surface area (Å²) in [6.45, 7) is 8.03. The zero-order valence-corrected chi connectivity index (χ0v) is 19.5. The first-order chi connectivity index (χ1) is 15.5. The van der Waals surface area contributed by atoms with Crippen LogP contribution in [0.2, 0.25) is 0 Å². The number of hydrogen-bond donors (Lipinski definition) is 2. The number of hydrogen-bond acceptors (Lipinski definition) is 6. The summed E-state index contributed by atoms with van der Waals surface area (Å²) in [7, 11) is 0. The van der Waals surface area contributed by atoms with Crippen LogP contribution >= 0.6 is 0 Å². The van der Waals surface area contributed by atoms with Crippen molar-refractivity contribution in [3.05, 3.63) is 57.8 Å². The molecule has 2 atom stereocenters. The zero-order valence-electron chi connectivity index (χ0n) is 19.5. The molecule has 33 heavy (non-hydrogen) atoms. The molecule has 0 spiro atoms. The number of ether oxygens (including phenoxy) is 2. The van der Waals surface area contributed by atoms with Gasteiger partial charge >= 0.3 is 12.1 Å². The summed E-state index contributed by atoms with van der Waals surface area (Å²) in [6.07, 6.45) is 1.45. The second-order valence-corrected chi connectivity index (χ2v) is 9.39. The van der Waals surface area contributed by atoms with E-state index in [0.29, 0.717) is 31.6 Å². The summed E-state index contributed by atoms with van der Waals surface area (Å²) in [5.41, 5.74) is -0.770. The van der Waals surface area contributed by atoms with Crippen molar-refractivity contribution in [1.29, 1.82) is 0 Å². The van der Waals surface area contributed by atoms with Crippen LogP contribution in [0.5, 0.6) is 5.75 Å². The van der Waals surface area contributed by atoms with Crippen LogP contribution in [-0.2, 0) is 17.8 Å². The third kappa shape index (κ3) is 6.57. The van der Waals surface area contributed by atoms with Crippen LogP contribution in [-0.4, -0.2) is 50.2 Å². The molecule has 2 aromatic rings. The third-order valence-corrected chi connectivity index (χ3v) is 5.45. The van der Waals surface area contributed by atoms with Crippen molar-refractivity contribution in [2.45, 2.75) is 65.2 Å². The smallest absolute Gasteiger partial charge is 0.410 e. The van der Waals surface area contributed by atoms with E-state index in [1.165, 1.54) is 0 Å². The summed E-state index contributed by atoms with van der Waals surface area (Å²) in [5.74, 6) is -1.19.